The molecule has 2 amide bonds. The molecule has 1 unspecified atom stereocenters. The van der Waals surface area contributed by atoms with E-state index < -0.39 is 0 Å². The van der Waals surface area contributed by atoms with Crippen molar-refractivity contribution >= 4 is 17.5 Å². The average Bonchev–Trinajstić information content (AvgIpc) is 2.73. The third-order valence-corrected chi connectivity index (χ3v) is 4.59. The fourth-order valence-electron chi connectivity index (χ4n) is 3.34. The summed E-state index contributed by atoms with van der Waals surface area (Å²) in [6.45, 7) is 3.97. The number of likely N-dealkylation sites (tertiary alicyclic amines) is 1. The zero-order chi connectivity index (χ0) is 15.0. The molecule has 0 bridgehead atoms. The van der Waals surface area contributed by atoms with Gasteiger partial charge in [0.25, 0.3) is 0 Å². The van der Waals surface area contributed by atoms with Crippen LogP contribution in [0, 0.1) is 5.92 Å². The van der Waals surface area contributed by atoms with E-state index in [1.54, 1.807) is 11.9 Å². The summed E-state index contributed by atoms with van der Waals surface area (Å²) >= 11 is 0. The Labute approximate surface area is 125 Å². The lowest BCUT2D eigenvalue weighted by molar-refractivity contribution is -0.132. The highest BCUT2D eigenvalue weighted by Crippen LogP contribution is 2.28. The summed E-state index contributed by atoms with van der Waals surface area (Å²) in [4.78, 5) is 27.8. The van der Waals surface area contributed by atoms with E-state index in [4.69, 9.17) is 0 Å². The quantitative estimate of drug-likeness (QED) is 0.834. The Balaban J connectivity index is 1.70. The molecule has 0 radical (unpaired) electrons. The number of hydrogen-bond donors (Lipinski definition) is 0. The monoisotopic (exact) mass is 286 g/mol. The first-order valence-corrected chi connectivity index (χ1v) is 7.70. The van der Waals surface area contributed by atoms with E-state index in [2.05, 4.69) is 6.92 Å². The number of likely N-dealkylation sites (N-methyl/N-ethyl adjacent to an activating group) is 1. The van der Waals surface area contributed by atoms with Crippen LogP contribution in [-0.2, 0) is 22.4 Å². The molecular formula is C17H22N2O2. The van der Waals surface area contributed by atoms with Gasteiger partial charge in [-0.05, 0) is 36.0 Å². The van der Waals surface area contributed by atoms with E-state index in [0.29, 0.717) is 18.8 Å². The zero-order valence-corrected chi connectivity index (χ0v) is 12.8. The fourth-order valence-corrected chi connectivity index (χ4v) is 3.34. The molecule has 21 heavy (non-hydrogen) atoms. The molecule has 3 rings (SSSR count). The van der Waals surface area contributed by atoms with Crippen molar-refractivity contribution in [1.82, 2.24) is 4.90 Å². The Bertz CT molecular complexity index is 582. The van der Waals surface area contributed by atoms with Crippen molar-refractivity contribution < 1.29 is 9.59 Å². The molecule has 1 aromatic rings. The standard InChI is InChI=1S/C17H22N2O2/c1-12-4-3-7-19(11-12)17(21)9-13-5-6-15-14(8-13)10-16(20)18(15)2/h5-6,8,12H,3-4,7,9-11H2,1-2H3. The molecule has 0 aliphatic carbocycles. The van der Waals surface area contributed by atoms with Gasteiger partial charge in [0.15, 0.2) is 0 Å². The number of carbonyl (C=O) groups is 2. The van der Waals surface area contributed by atoms with Gasteiger partial charge < -0.3 is 9.80 Å². The minimum atomic E-state index is 0.123. The lowest BCUT2D eigenvalue weighted by atomic mass is 9.99. The number of hydrogen-bond acceptors (Lipinski definition) is 2. The Morgan fingerprint density at radius 2 is 2.19 bits per heavy atom. The first-order valence-electron chi connectivity index (χ1n) is 7.70. The average molecular weight is 286 g/mol. The number of carbonyl (C=O) groups excluding carboxylic acids is 2. The molecule has 2 heterocycles. The lowest BCUT2D eigenvalue weighted by Gasteiger charge is -2.31. The van der Waals surface area contributed by atoms with Gasteiger partial charge in [0.05, 0.1) is 12.8 Å². The Morgan fingerprint density at radius 1 is 1.38 bits per heavy atom. The molecule has 0 saturated carbocycles. The van der Waals surface area contributed by atoms with Crippen molar-refractivity contribution in [3.05, 3.63) is 29.3 Å². The van der Waals surface area contributed by atoms with Crippen molar-refractivity contribution in [3.63, 3.8) is 0 Å². The zero-order valence-electron chi connectivity index (χ0n) is 12.8. The number of rotatable bonds is 2. The number of nitrogens with zero attached hydrogens (tertiary/aromatic N) is 2. The second-order valence-electron chi connectivity index (χ2n) is 6.36. The molecule has 0 aromatic heterocycles. The van der Waals surface area contributed by atoms with Crippen LogP contribution >= 0.6 is 0 Å². The van der Waals surface area contributed by atoms with Crippen molar-refractivity contribution in [1.29, 1.82) is 0 Å². The summed E-state index contributed by atoms with van der Waals surface area (Å²) in [6.07, 6.45) is 3.22. The predicted molar refractivity (Wildman–Crippen MR) is 82.2 cm³/mol. The van der Waals surface area contributed by atoms with Gasteiger partial charge in [0.1, 0.15) is 0 Å². The molecule has 2 aliphatic rings. The Morgan fingerprint density at radius 3 is 2.95 bits per heavy atom. The molecular weight excluding hydrogens is 264 g/mol. The molecule has 4 nitrogen and oxygen atoms in total. The van der Waals surface area contributed by atoms with Crippen LogP contribution < -0.4 is 4.90 Å². The van der Waals surface area contributed by atoms with Gasteiger partial charge in [0, 0.05) is 25.8 Å². The summed E-state index contributed by atoms with van der Waals surface area (Å²) in [7, 11) is 1.80. The van der Waals surface area contributed by atoms with Crippen LogP contribution in [0.15, 0.2) is 18.2 Å². The molecule has 0 spiro atoms. The van der Waals surface area contributed by atoms with E-state index in [9.17, 15) is 9.59 Å². The van der Waals surface area contributed by atoms with Crippen molar-refractivity contribution in [2.45, 2.75) is 32.6 Å². The topological polar surface area (TPSA) is 40.6 Å². The summed E-state index contributed by atoms with van der Waals surface area (Å²) in [6, 6.07) is 5.95. The van der Waals surface area contributed by atoms with Gasteiger partial charge in [-0.3, -0.25) is 9.59 Å². The highest BCUT2D eigenvalue weighted by atomic mass is 16.2. The van der Waals surface area contributed by atoms with Crippen LogP contribution in [0.1, 0.15) is 30.9 Å². The maximum atomic E-state index is 12.4. The normalized spacial score (nSPS) is 21.6. The van der Waals surface area contributed by atoms with Crippen LogP contribution in [0.4, 0.5) is 5.69 Å². The molecule has 1 fully saturated rings. The Hall–Kier alpha value is -1.84. The van der Waals surface area contributed by atoms with Crippen LogP contribution in [0.25, 0.3) is 0 Å². The lowest BCUT2D eigenvalue weighted by Crippen LogP contribution is -2.39. The number of benzene rings is 1. The number of fused-ring (bicyclic) bond motifs is 1. The van der Waals surface area contributed by atoms with E-state index in [-0.39, 0.29) is 11.8 Å². The maximum Gasteiger partial charge on any atom is 0.231 e. The highest BCUT2D eigenvalue weighted by Gasteiger charge is 2.25. The number of amides is 2. The van der Waals surface area contributed by atoms with Crippen LogP contribution in [-0.4, -0.2) is 36.9 Å². The fraction of sp³-hybridized carbons (Fsp3) is 0.529. The molecule has 1 aromatic carbocycles. The summed E-state index contributed by atoms with van der Waals surface area (Å²) < 4.78 is 0. The van der Waals surface area contributed by atoms with E-state index in [0.717, 1.165) is 36.3 Å². The van der Waals surface area contributed by atoms with E-state index in [1.165, 1.54) is 6.42 Å². The molecule has 1 saturated heterocycles. The van der Waals surface area contributed by atoms with Crippen LogP contribution in [0.5, 0.6) is 0 Å². The Kier molecular flexibility index (Phi) is 3.70. The van der Waals surface area contributed by atoms with Gasteiger partial charge >= 0.3 is 0 Å². The van der Waals surface area contributed by atoms with E-state index >= 15 is 0 Å². The third kappa shape index (κ3) is 2.80. The second kappa shape index (κ2) is 5.51. The van der Waals surface area contributed by atoms with Gasteiger partial charge in [-0.15, -0.1) is 0 Å². The smallest absolute Gasteiger partial charge is 0.231 e. The first-order chi connectivity index (χ1) is 10.0. The number of piperidine rings is 1. The SMILES string of the molecule is CC1CCCN(C(=O)Cc2ccc3c(c2)CC(=O)N3C)C1. The predicted octanol–water partition coefficient (Wildman–Crippen LogP) is 2.01. The van der Waals surface area contributed by atoms with Gasteiger partial charge in [-0.1, -0.05) is 19.1 Å². The highest BCUT2D eigenvalue weighted by molar-refractivity contribution is 6.01. The summed E-state index contributed by atoms with van der Waals surface area (Å²) in [5.74, 6) is 0.937. The van der Waals surface area contributed by atoms with Gasteiger partial charge in [-0.2, -0.15) is 0 Å². The van der Waals surface area contributed by atoms with Crippen LogP contribution in [0.3, 0.4) is 0 Å². The maximum absolute atomic E-state index is 12.4. The molecule has 2 aliphatic heterocycles. The van der Waals surface area contributed by atoms with Crippen molar-refractivity contribution in [3.8, 4) is 0 Å². The third-order valence-electron chi connectivity index (χ3n) is 4.59. The van der Waals surface area contributed by atoms with Crippen molar-refractivity contribution in [2.24, 2.45) is 5.92 Å². The minimum Gasteiger partial charge on any atom is -0.342 e. The van der Waals surface area contributed by atoms with Gasteiger partial charge in [-0.25, -0.2) is 0 Å². The van der Waals surface area contributed by atoms with Crippen LogP contribution in [0.2, 0.25) is 0 Å². The largest absolute Gasteiger partial charge is 0.342 e. The van der Waals surface area contributed by atoms with Gasteiger partial charge in [0.2, 0.25) is 11.8 Å². The first kappa shape index (κ1) is 14.1. The molecule has 112 valence electrons. The number of anilines is 1. The summed E-state index contributed by atoms with van der Waals surface area (Å²) in [5.41, 5.74) is 3.03. The molecule has 1 atom stereocenters. The molecule has 0 N–H and O–H groups in total. The van der Waals surface area contributed by atoms with Crippen molar-refractivity contribution in [2.75, 3.05) is 25.0 Å². The molecule has 4 heteroatoms. The summed E-state index contributed by atoms with van der Waals surface area (Å²) in [5, 5.41) is 0. The minimum absolute atomic E-state index is 0.123. The second-order valence-corrected chi connectivity index (χ2v) is 6.36. The van der Waals surface area contributed by atoms with E-state index in [1.807, 2.05) is 23.1 Å².